The third-order valence-corrected chi connectivity index (χ3v) is 4.59. The second-order valence-corrected chi connectivity index (χ2v) is 6.31. The summed E-state index contributed by atoms with van der Waals surface area (Å²) in [5.74, 6) is 0.281. The Labute approximate surface area is 155 Å². The summed E-state index contributed by atoms with van der Waals surface area (Å²) in [5, 5.41) is 25.4. The lowest BCUT2D eigenvalue weighted by Gasteiger charge is -2.23. The predicted octanol–water partition coefficient (Wildman–Crippen LogP) is 4.14. The van der Waals surface area contributed by atoms with Crippen molar-refractivity contribution < 1.29 is 10.2 Å². The van der Waals surface area contributed by atoms with E-state index in [1.165, 1.54) is 6.07 Å². The van der Waals surface area contributed by atoms with E-state index < -0.39 is 6.04 Å². The topological polar surface area (TPSA) is 85.4 Å². The quantitative estimate of drug-likeness (QED) is 0.442. The minimum absolute atomic E-state index is 0.131. The molecule has 0 spiro atoms. The zero-order valence-electron chi connectivity index (χ0n) is 14.4. The Morgan fingerprint density at radius 3 is 2.44 bits per heavy atom. The molecule has 4 aromatic rings. The molecule has 5 heteroatoms. The van der Waals surface area contributed by atoms with E-state index in [1.54, 1.807) is 42.7 Å². The summed E-state index contributed by atoms with van der Waals surface area (Å²) < 4.78 is 0. The van der Waals surface area contributed by atoms with Crippen LogP contribution in [-0.2, 0) is 0 Å². The number of aromatic hydroxyl groups is 2. The van der Waals surface area contributed by atoms with Crippen LogP contribution in [0, 0.1) is 0 Å². The number of pyridine rings is 1. The number of hydrogen-bond donors (Lipinski definition) is 4. The van der Waals surface area contributed by atoms with Gasteiger partial charge >= 0.3 is 0 Å². The maximum Gasteiger partial charge on any atom is 0.204 e. The van der Waals surface area contributed by atoms with Crippen molar-refractivity contribution in [2.45, 2.75) is 6.04 Å². The second-order valence-electron chi connectivity index (χ2n) is 6.31. The minimum atomic E-state index is -0.486. The molecular formula is C22H18N2O3. The van der Waals surface area contributed by atoms with E-state index >= 15 is 0 Å². The molecule has 1 heterocycles. The molecule has 0 aliphatic heterocycles. The van der Waals surface area contributed by atoms with Crippen LogP contribution >= 0.6 is 0 Å². The molecular weight excluding hydrogens is 340 g/mol. The molecule has 0 bridgehead atoms. The number of fused-ring (bicyclic) bond motifs is 1. The highest BCUT2D eigenvalue weighted by Crippen LogP contribution is 2.37. The van der Waals surface area contributed by atoms with Crippen molar-refractivity contribution in [3.8, 4) is 11.5 Å². The zero-order chi connectivity index (χ0) is 18.8. The van der Waals surface area contributed by atoms with Gasteiger partial charge in [-0.3, -0.25) is 4.79 Å². The molecule has 5 nitrogen and oxygen atoms in total. The number of phenols is 2. The van der Waals surface area contributed by atoms with Crippen molar-refractivity contribution in [3.05, 3.63) is 100 Å². The first-order valence-electron chi connectivity index (χ1n) is 8.56. The van der Waals surface area contributed by atoms with Crippen LogP contribution in [0.2, 0.25) is 0 Å². The van der Waals surface area contributed by atoms with E-state index in [0.717, 1.165) is 16.3 Å². The van der Waals surface area contributed by atoms with Crippen LogP contribution in [0.5, 0.6) is 11.5 Å². The van der Waals surface area contributed by atoms with Crippen molar-refractivity contribution >= 4 is 16.5 Å². The number of nitrogens with one attached hydrogen (secondary N) is 2. The first-order chi connectivity index (χ1) is 13.1. The Morgan fingerprint density at radius 2 is 1.67 bits per heavy atom. The van der Waals surface area contributed by atoms with E-state index in [-0.39, 0.29) is 16.9 Å². The summed E-state index contributed by atoms with van der Waals surface area (Å²) in [6, 6.07) is 18.9. The molecule has 134 valence electrons. The average Bonchev–Trinajstić information content (AvgIpc) is 2.69. The lowest BCUT2D eigenvalue weighted by atomic mass is 9.92. The van der Waals surface area contributed by atoms with Crippen molar-refractivity contribution in [2.24, 2.45) is 0 Å². The van der Waals surface area contributed by atoms with E-state index in [9.17, 15) is 15.0 Å². The summed E-state index contributed by atoms with van der Waals surface area (Å²) >= 11 is 0. The number of aromatic nitrogens is 1. The van der Waals surface area contributed by atoms with Gasteiger partial charge in [0.05, 0.1) is 11.7 Å². The Bertz CT molecular complexity index is 1150. The van der Waals surface area contributed by atoms with Gasteiger partial charge in [-0.15, -0.1) is 0 Å². The Morgan fingerprint density at radius 1 is 0.889 bits per heavy atom. The number of hydrogen-bond acceptors (Lipinski definition) is 4. The molecule has 3 aromatic carbocycles. The predicted molar refractivity (Wildman–Crippen MR) is 106 cm³/mol. The lowest BCUT2D eigenvalue weighted by Crippen LogP contribution is -2.18. The molecule has 1 atom stereocenters. The average molecular weight is 358 g/mol. The van der Waals surface area contributed by atoms with Gasteiger partial charge in [-0.05, 0) is 34.5 Å². The summed E-state index contributed by atoms with van der Waals surface area (Å²) in [6.07, 6.45) is 3.16. The van der Waals surface area contributed by atoms with Crippen LogP contribution < -0.4 is 10.7 Å². The van der Waals surface area contributed by atoms with Gasteiger partial charge in [0, 0.05) is 24.0 Å². The summed E-state index contributed by atoms with van der Waals surface area (Å²) in [5.41, 5.74) is 1.71. The molecule has 0 amide bonds. The molecule has 0 radical (unpaired) electrons. The van der Waals surface area contributed by atoms with Crippen LogP contribution in [-0.4, -0.2) is 15.2 Å². The maximum atomic E-state index is 12.2. The normalized spacial score (nSPS) is 12.0. The number of benzene rings is 3. The molecule has 1 aromatic heterocycles. The first kappa shape index (κ1) is 16.7. The fourth-order valence-corrected chi connectivity index (χ4v) is 3.26. The van der Waals surface area contributed by atoms with Gasteiger partial charge in [-0.25, -0.2) is 0 Å². The van der Waals surface area contributed by atoms with Crippen LogP contribution in [0.1, 0.15) is 17.2 Å². The lowest BCUT2D eigenvalue weighted by molar-refractivity contribution is 0.467. The van der Waals surface area contributed by atoms with Crippen molar-refractivity contribution in [1.82, 2.24) is 4.98 Å². The van der Waals surface area contributed by atoms with Crippen LogP contribution in [0.25, 0.3) is 10.8 Å². The highest BCUT2D eigenvalue weighted by molar-refractivity contribution is 5.89. The van der Waals surface area contributed by atoms with Gasteiger partial charge in [0.25, 0.3) is 0 Å². The molecule has 0 saturated heterocycles. The van der Waals surface area contributed by atoms with Gasteiger partial charge in [0.15, 0.2) is 0 Å². The summed E-state index contributed by atoms with van der Waals surface area (Å²) in [4.78, 5) is 15.1. The summed E-state index contributed by atoms with van der Waals surface area (Å²) in [7, 11) is 0. The van der Waals surface area contributed by atoms with Gasteiger partial charge in [0.2, 0.25) is 5.43 Å². The van der Waals surface area contributed by atoms with Crippen LogP contribution in [0.4, 0.5) is 5.69 Å². The van der Waals surface area contributed by atoms with Crippen molar-refractivity contribution in [3.63, 3.8) is 0 Å². The van der Waals surface area contributed by atoms with Crippen LogP contribution in [0.15, 0.2) is 83.9 Å². The van der Waals surface area contributed by atoms with Gasteiger partial charge in [0.1, 0.15) is 11.5 Å². The van der Waals surface area contributed by atoms with Gasteiger partial charge < -0.3 is 20.5 Å². The highest BCUT2D eigenvalue weighted by Gasteiger charge is 2.21. The van der Waals surface area contributed by atoms with E-state index in [1.807, 2.05) is 30.3 Å². The highest BCUT2D eigenvalue weighted by atomic mass is 16.3. The van der Waals surface area contributed by atoms with E-state index in [2.05, 4.69) is 10.3 Å². The Kier molecular flexibility index (Phi) is 4.26. The Balaban J connectivity index is 1.93. The Hall–Kier alpha value is -3.73. The largest absolute Gasteiger partial charge is 0.508 e. The smallest absolute Gasteiger partial charge is 0.204 e. The monoisotopic (exact) mass is 358 g/mol. The fourth-order valence-electron chi connectivity index (χ4n) is 3.26. The van der Waals surface area contributed by atoms with Crippen molar-refractivity contribution in [2.75, 3.05) is 5.32 Å². The maximum absolute atomic E-state index is 12.2. The summed E-state index contributed by atoms with van der Waals surface area (Å²) in [6.45, 7) is 0. The minimum Gasteiger partial charge on any atom is -0.508 e. The van der Waals surface area contributed by atoms with Gasteiger partial charge in [-0.2, -0.15) is 0 Å². The molecule has 1 unspecified atom stereocenters. The van der Waals surface area contributed by atoms with E-state index in [4.69, 9.17) is 0 Å². The van der Waals surface area contributed by atoms with Crippen molar-refractivity contribution in [1.29, 1.82) is 0 Å². The van der Waals surface area contributed by atoms with Gasteiger partial charge in [-0.1, -0.05) is 42.5 Å². The third-order valence-electron chi connectivity index (χ3n) is 4.59. The number of rotatable bonds is 4. The molecule has 4 N–H and O–H groups in total. The number of H-pyrrole nitrogens is 1. The molecule has 27 heavy (non-hydrogen) atoms. The SMILES string of the molecule is O=c1cc[nH]cc1NC(c1ccc(O)cc1)c1c(O)ccc2ccccc12. The molecule has 0 aliphatic rings. The molecule has 4 rings (SSSR count). The molecule has 0 saturated carbocycles. The third kappa shape index (κ3) is 3.22. The van der Waals surface area contributed by atoms with Crippen LogP contribution in [0.3, 0.4) is 0 Å². The number of aromatic amines is 1. The molecule has 0 aliphatic carbocycles. The zero-order valence-corrected chi connectivity index (χ0v) is 14.4. The number of phenolic OH excluding ortho intramolecular Hbond substituents is 2. The second kappa shape index (κ2) is 6.88. The number of anilines is 1. The fraction of sp³-hybridized carbons (Fsp3) is 0.0455. The first-order valence-corrected chi connectivity index (χ1v) is 8.56. The molecule has 0 fully saturated rings. The standard InChI is InChI=1S/C22H18N2O3/c25-16-8-5-15(6-9-16)22(24-18-13-23-12-11-19(18)26)21-17-4-2-1-3-14(17)7-10-20(21)27/h1-13,22,24-25,27H,(H,23,26). The van der Waals surface area contributed by atoms with E-state index in [0.29, 0.717) is 11.3 Å².